The summed E-state index contributed by atoms with van der Waals surface area (Å²) >= 11 is 1.44. The number of esters is 1. The van der Waals surface area contributed by atoms with E-state index in [9.17, 15) is 10.1 Å². The third-order valence-electron chi connectivity index (χ3n) is 3.23. The normalized spacial score (nSPS) is 18.6. The highest BCUT2D eigenvalue weighted by atomic mass is 32.1. The quantitative estimate of drug-likeness (QED) is 0.658. The Morgan fingerprint density at radius 3 is 3.06 bits per heavy atom. The van der Waals surface area contributed by atoms with Crippen molar-refractivity contribution in [3.63, 3.8) is 0 Å². The Bertz CT molecular complexity index is 502. The van der Waals surface area contributed by atoms with Crippen LogP contribution >= 0.6 is 11.3 Å². The topological polar surface area (TPSA) is 76.1 Å². The molecule has 96 valence electrons. The van der Waals surface area contributed by atoms with E-state index in [4.69, 9.17) is 10.5 Å². The highest BCUT2D eigenvalue weighted by Gasteiger charge is 2.31. The summed E-state index contributed by atoms with van der Waals surface area (Å²) < 4.78 is 5.12. The average Bonchev–Trinajstić information content (AvgIpc) is 2.53. The third kappa shape index (κ3) is 2.21. The lowest BCUT2D eigenvalue weighted by molar-refractivity contribution is -0.145. The Balaban J connectivity index is 2.46. The fourth-order valence-electron chi connectivity index (χ4n) is 2.44. The molecule has 5 heteroatoms. The lowest BCUT2D eigenvalue weighted by Crippen LogP contribution is -2.16. The number of nitriles is 1. The van der Waals surface area contributed by atoms with Gasteiger partial charge in [0.1, 0.15) is 11.1 Å². The summed E-state index contributed by atoms with van der Waals surface area (Å²) in [6, 6.07) is 2.14. The second-order valence-corrected chi connectivity index (χ2v) is 5.48. The number of anilines is 1. The van der Waals surface area contributed by atoms with Crippen LogP contribution in [0, 0.1) is 11.3 Å². The number of carbonyl (C=O) groups excluding carboxylic acids is 1. The number of nitrogens with zero attached hydrogens (tertiary/aromatic N) is 1. The lowest BCUT2D eigenvalue weighted by atomic mass is 9.93. The average molecular weight is 264 g/mol. The zero-order chi connectivity index (χ0) is 13.1. The molecule has 1 aromatic heterocycles. The van der Waals surface area contributed by atoms with E-state index in [2.05, 4.69) is 6.07 Å². The third-order valence-corrected chi connectivity index (χ3v) is 4.32. The molecule has 0 aromatic carbocycles. The van der Waals surface area contributed by atoms with Crippen LogP contribution in [0.15, 0.2) is 0 Å². The van der Waals surface area contributed by atoms with E-state index in [0.717, 1.165) is 36.1 Å². The van der Waals surface area contributed by atoms with Crippen molar-refractivity contribution in [2.45, 2.75) is 38.5 Å². The fraction of sp³-hybridized carbons (Fsp3) is 0.538. The Morgan fingerprint density at radius 2 is 2.39 bits per heavy atom. The molecule has 1 aromatic rings. The molecule has 0 saturated carbocycles. The molecule has 0 bridgehead atoms. The van der Waals surface area contributed by atoms with Gasteiger partial charge in [0.15, 0.2) is 0 Å². The molecule has 1 heterocycles. The molecule has 1 aliphatic carbocycles. The smallest absolute Gasteiger partial charge is 0.313 e. The maximum atomic E-state index is 12.0. The standard InChI is InChI=1S/C13H16N2O2S/c1-2-17-13(16)8-5-3-4-6-10-11(8)9(7-14)12(15)18-10/h8H,2-6,15H2,1H3. The predicted octanol–water partition coefficient (Wildman–Crippen LogP) is 2.58. The van der Waals surface area contributed by atoms with E-state index in [1.807, 2.05) is 0 Å². The molecule has 0 aliphatic heterocycles. The Morgan fingerprint density at radius 1 is 1.61 bits per heavy atom. The van der Waals surface area contributed by atoms with Crippen LogP contribution in [-0.2, 0) is 16.0 Å². The minimum atomic E-state index is -0.314. The number of thiophene rings is 1. The molecule has 2 rings (SSSR count). The van der Waals surface area contributed by atoms with Gasteiger partial charge in [-0.05, 0) is 26.2 Å². The number of hydrogen-bond acceptors (Lipinski definition) is 5. The highest BCUT2D eigenvalue weighted by molar-refractivity contribution is 7.16. The van der Waals surface area contributed by atoms with Gasteiger partial charge in [-0.3, -0.25) is 4.79 Å². The molecule has 1 unspecified atom stereocenters. The van der Waals surface area contributed by atoms with Crippen molar-refractivity contribution >= 4 is 22.3 Å². The zero-order valence-corrected chi connectivity index (χ0v) is 11.2. The van der Waals surface area contributed by atoms with Crippen LogP contribution in [0.1, 0.15) is 48.1 Å². The molecule has 0 saturated heterocycles. The number of nitrogens with two attached hydrogens (primary N) is 1. The lowest BCUT2D eigenvalue weighted by Gasteiger charge is -2.14. The number of hydrogen-bond donors (Lipinski definition) is 1. The molecule has 1 atom stereocenters. The van der Waals surface area contributed by atoms with Crippen molar-refractivity contribution in [2.75, 3.05) is 12.3 Å². The Kier molecular flexibility index (Phi) is 3.87. The van der Waals surface area contributed by atoms with Crippen LogP contribution < -0.4 is 5.73 Å². The first kappa shape index (κ1) is 12.9. The monoisotopic (exact) mass is 264 g/mol. The summed E-state index contributed by atoms with van der Waals surface area (Å²) in [6.07, 6.45) is 3.67. The maximum Gasteiger partial charge on any atom is 0.313 e. The van der Waals surface area contributed by atoms with Crippen molar-refractivity contribution in [2.24, 2.45) is 0 Å². The number of nitrogen functional groups attached to an aromatic ring is 1. The van der Waals surface area contributed by atoms with Gasteiger partial charge in [0.05, 0.1) is 18.1 Å². The second-order valence-electron chi connectivity index (χ2n) is 4.34. The van der Waals surface area contributed by atoms with E-state index >= 15 is 0 Å². The van der Waals surface area contributed by atoms with Gasteiger partial charge in [-0.1, -0.05) is 6.42 Å². The minimum Gasteiger partial charge on any atom is -0.466 e. The van der Waals surface area contributed by atoms with Crippen molar-refractivity contribution < 1.29 is 9.53 Å². The van der Waals surface area contributed by atoms with E-state index in [1.165, 1.54) is 11.3 Å². The van der Waals surface area contributed by atoms with Gasteiger partial charge >= 0.3 is 5.97 Å². The van der Waals surface area contributed by atoms with Crippen LogP contribution in [0.2, 0.25) is 0 Å². The van der Waals surface area contributed by atoms with Gasteiger partial charge in [-0.2, -0.15) is 5.26 Å². The molecule has 0 amide bonds. The predicted molar refractivity (Wildman–Crippen MR) is 70.4 cm³/mol. The Hall–Kier alpha value is -1.54. The van der Waals surface area contributed by atoms with Crippen LogP contribution in [0.4, 0.5) is 5.00 Å². The summed E-state index contributed by atoms with van der Waals surface area (Å²) in [5.74, 6) is -0.541. The molecule has 2 N–H and O–H groups in total. The molecule has 0 radical (unpaired) electrons. The van der Waals surface area contributed by atoms with Crippen molar-refractivity contribution in [1.29, 1.82) is 5.26 Å². The van der Waals surface area contributed by atoms with Crippen LogP contribution in [0.5, 0.6) is 0 Å². The number of rotatable bonds is 2. The molecule has 0 fully saturated rings. The second kappa shape index (κ2) is 5.40. The largest absolute Gasteiger partial charge is 0.466 e. The van der Waals surface area contributed by atoms with Gasteiger partial charge in [-0.25, -0.2) is 0 Å². The van der Waals surface area contributed by atoms with Crippen molar-refractivity contribution in [3.05, 3.63) is 16.0 Å². The molecule has 4 nitrogen and oxygen atoms in total. The SMILES string of the molecule is CCOC(=O)C1CCCCc2sc(N)c(C#N)c21. The van der Waals surface area contributed by atoms with Gasteiger partial charge < -0.3 is 10.5 Å². The summed E-state index contributed by atoms with van der Waals surface area (Å²) in [7, 11) is 0. The molecular weight excluding hydrogens is 248 g/mol. The fourth-order valence-corrected chi connectivity index (χ4v) is 3.56. The summed E-state index contributed by atoms with van der Waals surface area (Å²) in [6.45, 7) is 2.16. The van der Waals surface area contributed by atoms with Crippen molar-refractivity contribution in [3.8, 4) is 6.07 Å². The van der Waals surface area contributed by atoms with Crippen LogP contribution in [0.3, 0.4) is 0 Å². The first-order chi connectivity index (χ1) is 8.69. The van der Waals surface area contributed by atoms with Gasteiger partial charge in [0, 0.05) is 10.4 Å². The number of fused-ring (bicyclic) bond motifs is 1. The van der Waals surface area contributed by atoms with Crippen LogP contribution in [-0.4, -0.2) is 12.6 Å². The molecule has 1 aliphatic rings. The zero-order valence-electron chi connectivity index (χ0n) is 10.4. The van der Waals surface area contributed by atoms with E-state index in [1.54, 1.807) is 6.92 Å². The molecular formula is C13H16N2O2S. The summed E-state index contributed by atoms with van der Waals surface area (Å²) in [4.78, 5) is 13.1. The molecule has 18 heavy (non-hydrogen) atoms. The summed E-state index contributed by atoms with van der Waals surface area (Å²) in [5.41, 5.74) is 7.17. The number of carbonyl (C=O) groups is 1. The van der Waals surface area contributed by atoms with Crippen LogP contribution in [0.25, 0.3) is 0 Å². The Labute approximate surface area is 110 Å². The van der Waals surface area contributed by atoms with Gasteiger partial charge in [0.2, 0.25) is 0 Å². The molecule has 0 spiro atoms. The maximum absolute atomic E-state index is 12.0. The van der Waals surface area contributed by atoms with Crippen molar-refractivity contribution in [1.82, 2.24) is 0 Å². The number of aryl methyl sites for hydroxylation is 1. The van der Waals surface area contributed by atoms with Gasteiger partial charge in [0.25, 0.3) is 0 Å². The highest BCUT2D eigenvalue weighted by Crippen LogP contribution is 2.41. The van der Waals surface area contributed by atoms with E-state index < -0.39 is 0 Å². The van der Waals surface area contributed by atoms with E-state index in [-0.39, 0.29) is 11.9 Å². The van der Waals surface area contributed by atoms with Gasteiger partial charge in [-0.15, -0.1) is 11.3 Å². The summed E-state index contributed by atoms with van der Waals surface area (Å²) in [5, 5.41) is 9.74. The van der Waals surface area contributed by atoms with E-state index in [0.29, 0.717) is 17.2 Å². The minimum absolute atomic E-state index is 0.227. The first-order valence-corrected chi connectivity index (χ1v) is 6.98. The number of ether oxygens (including phenoxy) is 1. The first-order valence-electron chi connectivity index (χ1n) is 6.16.